The minimum absolute atomic E-state index is 0.0479. The van der Waals surface area contributed by atoms with E-state index >= 15 is 0 Å². The van der Waals surface area contributed by atoms with Gasteiger partial charge in [-0.05, 0) is 25.0 Å². The molecule has 0 atom stereocenters. The minimum atomic E-state index is -0.543. The van der Waals surface area contributed by atoms with Gasteiger partial charge >= 0.3 is 0 Å². The van der Waals surface area contributed by atoms with Crippen molar-refractivity contribution in [1.29, 1.82) is 0 Å². The summed E-state index contributed by atoms with van der Waals surface area (Å²) in [6, 6.07) is 4.30. The Labute approximate surface area is 116 Å². The molecular formula is C13H15FN2O2S. The van der Waals surface area contributed by atoms with Gasteiger partial charge in [0.15, 0.2) is 6.61 Å². The number of nitrogens with zero attached hydrogens (tertiary/aromatic N) is 1. The van der Waals surface area contributed by atoms with Gasteiger partial charge in [0.2, 0.25) is 0 Å². The molecule has 102 valence electrons. The zero-order valence-electron chi connectivity index (χ0n) is 10.4. The molecular weight excluding hydrogens is 267 g/mol. The largest absolute Gasteiger partial charge is 0.483 e. The summed E-state index contributed by atoms with van der Waals surface area (Å²) in [5.74, 6) is -0.436. The van der Waals surface area contributed by atoms with Crippen molar-refractivity contribution in [2.75, 3.05) is 19.7 Å². The highest BCUT2D eigenvalue weighted by Crippen LogP contribution is 2.21. The molecule has 2 N–H and O–H groups in total. The minimum Gasteiger partial charge on any atom is -0.483 e. The molecule has 6 heteroatoms. The van der Waals surface area contributed by atoms with Crippen LogP contribution < -0.4 is 10.5 Å². The molecule has 1 aliphatic heterocycles. The van der Waals surface area contributed by atoms with Crippen LogP contribution in [0.15, 0.2) is 18.2 Å². The van der Waals surface area contributed by atoms with Gasteiger partial charge < -0.3 is 15.4 Å². The van der Waals surface area contributed by atoms with Crippen LogP contribution in [0.4, 0.5) is 4.39 Å². The summed E-state index contributed by atoms with van der Waals surface area (Å²) in [5.41, 5.74) is 5.51. The molecule has 0 aromatic heterocycles. The van der Waals surface area contributed by atoms with Gasteiger partial charge in [0.25, 0.3) is 5.91 Å². The van der Waals surface area contributed by atoms with E-state index in [4.69, 9.17) is 22.7 Å². The number of carbonyl (C=O) groups is 1. The number of thiocarbonyl (C=S) groups is 1. The van der Waals surface area contributed by atoms with E-state index in [0.29, 0.717) is 0 Å². The SMILES string of the molecule is NC(=S)c1c(F)cccc1OCC(=O)N1CCCC1. The Morgan fingerprint density at radius 2 is 2.11 bits per heavy atom. The zero-order chi connectivity index (χ0) is 13.8. The van der Waals surface area contributed by atoms with Crippen LogP contribution in [0.2, 0.25) is 0 Å². The van der Waals surface area contributed by atoms with Crippen LogP contribution >= 0.6 is 12.2 Å². The molecule has 1 amide bonds. The topological polar surface area (TPSA) is 55.6 Å². The summed E-state index contributed by atoms with van der Waals surface area (Å²) < 4.78 is 18.9. The normalized spacial score (nSPS) is 14.5. The number of nitrogens with two attached hydrogens (primary N) is 1. The molecule has 0 saturated carbocycles. The predicted molar refractivity (Wildman–Crippen MR) is 73.6 cm³/mol. The van der Waals surface area contributed by atoms with E-state index in [2.05, 4.69) is 0 Å². The first-order valence-electron chi connectivity index (χ1n) is 6.08. The average Bonchev–Trinajstić information content (AvgIpc) is 2.89. The number of benzene rings is 1. The number of carbonyl (C=O) groups excluding carboxylic acids is 1. The Morgan fingerprint density at radius 3 is 2.74 bits per heavy atom. The summed E-state index contributed by atoms with van der Waals surface area (Å²) in [6.45, 7) is 1.39. The summed E-state index contributed by atoms with van der Waals surface area (Å²) in [7, 11) is 0. The van der Waals surface area contributed by atoms with Crippen LogP contribution in [0.3, 0.4) is 0 Å². The van der Waals surface area contributed by atoms with E-state index in [0.717, 1.165) is 25.9 Å². The second kappa shape index (κ2) is 5.97. The first-order chi connectivity index (χ1) is 9.09. The number of ether oxygens (including phenoxy) is 1. The van der Waals surface area contributed by atoms with Gasteiger partial charge in [0.1, 0.15) is 16.6 Å². The fourth-order valence-electron chi connectivity index (χ4n) is 2.06. The lowest BCUT2D eigenvalue weighted by atomic mass is 10.2. The van der Waals surface area contributed by atoms with Crippen molar-refractivity contribution in [3.63, 3.8) is 0 Å². The average molecular weight is 282 g/mol. The maximum absolute atomic E-state index is 13.6. The Hall–Kier alpha value is -1.69. The number of rotatable bonds is 4. The van der Waals surface area contributed by atoms with Crippen LogP contribution in [-0.2, 0) is 4.79 Å². The summed E-state index contributed by atoms with van der Waals surface area (Å²) in [6.07, 6.45) is 2.04. The maximum Gasteiger partial charge on any atom is 0.260 e. The van der Waals surface area contributed by atoms with E-state index in [1.807, 2.05) is 0 Å². The number of halogens is 1. The van der Waals surface area contributed by atoms with E-state index in [1.165, 1.54) is 12.1 Å². The fraction of sp³-hybridized carbons (Fsp3) is 0.385. The molecule has 0 radical (unpaired) electrons. The number of hydrogen-bond acceptors (Lipinski definition) is 3. The van der Waals surface area contributed by atoms with Crippen molar-refractivity contribution in [3.8, 4) is 5.75 Å². The lowest BCUT2D eigenvalue weighted by Crippen LogP contribution is -2.32. The third-order valence-corrected chi connectivity index (χ3v) is 3.24. The fourth-order valence-corrected chi connectivity index (χ4v) is 2.26. The van der Waals surface area contributed by atoms with Crippen molar-refractivity contribution in [1.82, 2.24) is 4.90 Å². The van der Waals surface area contributed by atoms with Crippen molar-refractivity contribution in [3.05, 3.63) is 29.6 Å². The maximum atomic E-state index is 13.6. The third kappa shape index (κ3) is 3.20. The third-order valence-electron chi connectivity index (χ3n) is 3.03. The molecule has 0 unspecified atom stereocenters. The molecule has 1 aromatic carbocycles. The molecule has 1 saturated heterocycles. The van der Waals surface area contributed by atoms with Crippen LogP contribution in [0.25, 0.3) is 0 Å². The van der Waals surface area contributed by atoms with Crippen LogP contribution in [0.5, 0.6) is 5.75 Å². The zero-order valence-corrected chi connectivity index (χ0v) is 11.2. The van der Waals surface area contributed by atoms with Gasteiger partial charge in [-0.2, -0.15) is 0 Å². The highest BCUT2D eigenvalue weighted by molar-refractivity contribution is 7.80. The van der Waals surface area contributed by atoms with Gasteiger partial charge in [0.05, 0.1) is 5.56 Å². The molecule has 0 bridgehead atoms. The molecule has 1 aliphatic rings. The predicted octanol–water partition coefficient (Wildman–Crippen LogP) is 1.46. The van der Waals surface area contributed by atoms with Crippen LogP contribution in [-0.4, -0.2) is 35.5 Å². The number of likely N-dealkylation sites (tertiary alicyclic amines) is 1. The van der Waals surface area contributed by atoms with Gasteiger partial charge in [0, 0.05) is 13.1 Å². The van der Waals surface area contributed by atoms with Crippen molar-refractivity contribution < 1.29 is 13.9 Å². The molecule has 1 aromatic rings. The molecule has 1 heterocycles. The summed E-state index contributed by atoms with van der Waals surface area (Å²) in [4.78, 5) is 13.5. The van der Waals surface area contributed by atoms with Gasteiger partial charge in [-0.25, -0.2) is 4.39 Å². The highest BCUT2D eigenvalue weighted by Gasteiger charge is 2.19. The monoisotopic (exact) mass is 282 g/mol. The molecule has 19 heavy (non-hydrogen) atoms. The summed E-state index contributed by atoms with van der Waals surface area (Å²) in [5, 5.41) is 0. The molecule has 4 nitrogen and oxygen atoms in total. The first-order valence-corrected chi connectivity index (χ1v) is 6.49. The van der Waals surface area contributed by atoms with Crippen LogP contribution in [0, 0.1) is 5.82 Å². The smallest absolute Gasteiger partial charge is 0.260 e. The van der Waals surface area contributed by atoms with Crippen molar-refractivity contribution in [2.24, 2.45) is 5.73 Å². The lowest BCUT2D eigenvalue weighted by Gasteiger charge is -2.16. The van der Waals surface area contributed by atoms with E-state index < -0.39 is 5.82 Å². The van der Waals surface area contributed by atoms with Gasteiger partial charge in [-0.1, -0.05) is 18.3 Å². The highest BCUT2D eigenvalue weighted by atomic mass is 32.1. The molecule has 2 rings (SSSR count). The van der Waals surface area contributed by atoms with Crippen LogP contribution in [0.1, 0.15) is 18.4 Å². The quantitative estimate of drug-likeness (QED) is 0.850. The summed E-state index contributed by atoms with van der Waals surface area (Å²) >= 11 is 4.79. The van der Waals surface area contributed by atoms with E-state index in [1.54, 1.807) is 11.0 Å². The second-order valence-electron chi connectivity index (χ2n) is 4.35. The standard InChI is InChI=1S/C13H15FN2O2S/c14-9-4-3-5-10(12(9)13(15)19)18-8-11(17)16-6-1-2-7-16/h3-5H,1-2,6-8H2,(H2,15,19). The van der Waals surface area contributed by atoms with E-state index in [9.17, 15) is 9.18 Å². The Morgan fingerprint density at radius 1 is 1.42 bits per heavy atom. The number of hydrogen-bond donors (Lipinski definition) is 1. The molecule has 0 aliphatic carbocycles. The first kappa shape index (κ1) is 13.7. The molecule has 1 fully saturated rings. The second-order valence-corrected chi connectivity index (χ2v) is 4.79. The van der Waals surface area contributed by atoms with Gasteiger partial charge in [-0.3, -0.25) is 4.79 Å². The molecule has 0 spiro atoms. The van der Waals surface area contributed by atoms with Crippen molar-refractivity contribution in [2.45, 2.75) is 12.8 Å². The Balaban J connectivity index is 2.05. The lowest BCUT2D eigenvalue weighted by molar-refractivity contribution is -0.132. The van der Waals surface area contributed by atoms with Gasteiger partial charge in [-0.15, -0.1) is 0 Å². The number of amides is 1. The van der Waals surface area contributed by atoms with E-state index in [-0.39, 0.29) is 28.8 Å². The Kier molecular flexibility index (Phi) is 4.31. The Bertz CT molecular complexity index is 501. The van der Waals surface area contributed by atoms with Crippen molar-refractivity contribution >= 4 is 23.1 Å².